The number of benzene rings is 2. The minimum atomic E-state index is -1.04. The molecule has 2 aromatic carbocycles. The van der Waals surface area contributed by atoms with Gasteiger partial charge >= 0.3 is 11.9 Å². The predicted octanol–water partition coefficient (Wildman–Crippen LogP) is 2.68. The van der Waals surface area contributed by atoms with E-state index in [0.29, 0.717) is 10.5 Å². The lowest BCUT2D eigenvalue weighted by atomic mass is 10.2. The topological polar surface area (TPSA) is 98.0 Å². The Morgan fingerprint density at radius 2 is 1.79 bits per heavy atom. The molecule has 28 heavy (non-hydrogen) atoms. The number of carbonyl (C=O) groups excluding carboxylic acids is 1. The van der Waals surface area contributed by atoms with E-state index < -0.39 is 11.9 Å². The Hall–Kier alpha value is -3.52. The normalized spacial score (nSPS) is 11.2. The molecular weight excluding hydrogens is 380 g/mol. The maximum Gasteiger partial charge on any atom is 0.348 e. The summed E-state index contributed by atoms with van der Waals surface area (Å²) < 4.78 is 6.17. The van der Waals surface area contributed by atoms with E-state index in [1.165, 1.54) is 29.9 Å². The van der Waals surface area contributed by atoms with Crippen molar-refractivity contribution < 1.29 is 19.4 Å². The number of esters is 1. The zero-order valence-electron chi connectivity index (χ0n) is 14.9. The molecule has 1 N–H and O–H groups in total. The molecule has 0 amide bonds. The quantitative estimate of drug-likeness (QED) is 0.669. The number of aromatic carboxylic acids is 1. The van der Waals surface area contributed by atoms with Crippen LogP contribution in [-0.4, -0.2) is 28.7 Å². The van der Waals surface area contributed by atoms with Crippen molar-refractivity contribution in [3.8, 4) is 0 Å². The fourth-order valence-corrected chi connectivity index (χ4v) is 3.39. The molecule has 1 heterocycles. The van der Waals surface area contributed by atoms with Gasteiger partial charge in [0.2, 0.25) is 0 Å². The number of nitrogens with zero attached hydrogens (tertiary/aromatic N) is 2. The Morgan fingerprint density at radius 3 is 2.39 bits per heavy atom. The lowest BCUT2D eigenvalue weighted by Crippen LogP contribution is -2.33. The van der Waals surface area contributed by atoms with Crippen molar-refractivity contribution in [2.75, 3.05) is 7.11 Å². The van der Waals surface area contributed by atoms with Crippen LogP contribution in [0.3, 0.4) is 0 Å². The second-order valence-electron chi connectivity index (χ2n) is 5.76. The fourth-order valence-electron chi connectivity index (χ4n) is 2.45. The Kier molecular flexibility index (Phi) is 5.81. The molecule has 7 nitrogen and oxygen atoms in total. The molecular formula is C20H16N2O5S. The zero-order chi connectivity index (χ0) is 20.1. The van der Waals surface area contributed by atoms with Crippen LogP contribution in [-0.2, 0) is 11.3 Å². The predicted molar refractivity (Wildman–Crippen MR) is 104 cm³/mol. The maximum atomic E-state index is 12.6. The van der Waals surface area contributed by atoms with Gasteiger partial charge in [-0.3, -0.25) is 9.36 Å². The van der Waals surface area contributed by atoms with Crippen LogP contribution in [0.25, 0.3) is 0 Å². The molecule has 0 aliphatic rings. The second-order valence-corrected chi connectivity index (χ2v) is 6.77. The number of ether oxygens (including phenoxy) is 1. The highest BCUT2D eigenvalue weighted by atomic mass is 32.1. The minimum Gasteiger partial charge on any atom is -0.478 e. The lowest BCUT2D eigenvalue weighted by molar-refractivity contribution is 0.0604. The van der Waals surface area contributed by atoms with E-state index in [2.05, 4.69) is 4.99 Å². The molecule has 0 aliphatic heterocycles. The monoisotopic (exact) mass is 396 g/mol. The summed E-state index contributed by atoms with van der Waals surface area (Å²) in [6.45, 7) is 0.281. The van der Waals surface area contributed by atoms with Crippen LogP contribution in [0.15, 0.2) is 70.5 Å². The lowest BCUT2D eigenvalue weighted by Gasteiger charge is -2.08. The van der Waals surface area contributed by atoms with Gasteiger partial charge in [-0.25, -0.2) is 14.6 Å². The van der Waals surface area contributed by atoms with Crippen LogP contribution in [0.2, 0.25) is 0 Å². The Morgan fingerprint density at radius 1 is 1.11 bits per heavy atom. The SMILES string of the molecule is COC(=O)c1cc(=O)n(Cc2ccccc2)c(=Nc2ccc(C(=O)O)cc2)s1. The highest BCUT2D eigenvalue weighted by molar-refractivity contribution is 7.11. The summed E-state index contributed by atoms with van der Waals surface area (Å²) in [5, 5.41) is 9.01. The number of carboxylic acids is 1. The molecule has 0 atom stereocenters. The van der Waals surface area contributed by atoms with E-state index >= 15 is 0 Å². The number of hydrogen-bond donors (Lipinski definition) is 1. The third kappa shape index (κ3) is 4.41. The van der Waals surface area contributed by atoms with Crippen molar-refractivity contribution in [3.05, 3.63) is 91.8 Å². The third-order valence-electron chi connectivity index (χ3n) is 3.86. The van der Waals surface area contributed by atoms with Crippen molar-refractivity contribution in [1.29, 1.82) is 0 Å². The number of aromatic nitrogens is 1. The first-order valence-electron chi connectivity index (χ1n) is 8.23. The molecule has 3 aromatic rings. The molecule has 0 unspecified atom stereocenters. The fraction of sp³-hybridized carbons (Fsp3) is 0.100. The molecule has 0 saturated carbocycles. The molecule has 3 rings (SSSR count). The van der Waals surface area contributed by atoms with E-state index in [0.717, 1.165) is 16.9 Å². The largest absolute Gasteiger partial charge is 0.478 e. The third-order valence-corrected chi connectivity index (χ3v) is 4.86. The molecule has 8 heteroatoms. The maximum absolute atomic E-state index is 12.6. The van der Waals surface area contributed by atoms with Gasteiger partial charge in [0, 0.05) is 6.07 Å². The molecule has 0 spiro atoms. The first kappa shape index (κ1) is 19.2. The standard InChI is InChI=1S/C20H16N2O5S/c1-27-19(26)16-11-17(23)22(12-13-5-3-2-4-6-13)20(28-16)21-15-9-7-14(8-10-15)18(24)25/h2-11H,12H2,1H3,(H,24,25). The van der Waals surface area contributed by atoms with Crippen molar-refractivity contribution in [2.45, 2.75) is 6.54 Å². The first-order chi connectivity index (χ1) is 13.5. The van der Waals surface area contributed by atoms with Crippen LogP contribution in [0, 0.1) is 0 Å². The van der Waals surface area contributed by atoms with Crippen LogP contribution in [0.5, 0.6) is 0 Å². The van der Waals surface area contributed by atoms with Crippen LogP contribution < -0.4 is 10.4 Å². The van der Waals surface area contributed by atoms with Gasteiger partial charge in [-0.2, -0.15) is 0 Å². The van der Waals surface area contributed by atoms with Crippen molar-refractivity contribution in [1.82, 2.24) is 4.57 Å². The summed E-state index contributed by atoms with van der Waals surface area (Å²) in [6, 6.07) is 16.5. The summed E-state index contributed by atoms with van der Waals surface area (Å²) in [4.78, 5) is 40.4. The summed E-state index contributed by atoms with van der Waals surface area (Å²) >= 11 is 1.03. The molecule has 142 valence electrons. The highest BCUT2D eigenvalue weighted by Crippen LogP contribution is 2.13. The molecule has 0 radical (unpaired) electrons. The van der Waals surface area contributed by atoms with Crippen molar-refractivity contribution in [3.63, 3.8) is 0 Å². The Bertz CT molecular complexity index is 1130. The van der Waals surface area contributed by atoms with E-state index in [9.17, 15) is 14.4 Å². The average molecular weight is 396 g/mol. The minimum absolute atomic E-state index is 0.132. The molecule has 0 bridgehead atoms. The summed E-state index contributed by atoms with van der Waals surface area (Å²) in [5.74, 6) is -1.66. The van der Waals surface area contributed by atoms with E-state index in [1.807, 2.05) is 30.3 Å². The van der Waals surface area contributed by atoms with Crippen molar-refractivity contribution >= 4 is 29.0 Å². The van der Waals surface area contributed by atoms with Gasteiger partial charge < -0.3 is 9.84 Å². The number of hydrogen-bond acceptors (Lipinski definition) is 6. The molecule has 0 saturated heterocycles. The van der Waals surface area contributed by atoms with Gasteiger partial charge in [0.15, 0.2) is 4.80 Å². The van der Waals surface area contributed by atoms with Crippen molar-refractivity contribution in [2.24, 2.45) is 4.99 Å². The zero-order valence-corrected chi connectivity index (χ0v) is 15.7. The average Bonchev–Trinajstić information content (AvgIpc) is 2.71. The van der Waals surface area contributed by atoms with E-state index in [-0.39, 0.29) is 22.5 Å². The number of carboxylic acid groups (broad SMARTS) is 1. The summed E-state index contributed by atoms with van der Waals surface area (Å²) in [7, 11) is 1.24. The summed E-state index contributed by atoms with van der Waals surface area (Å²) in [6.07, 6.45) is 0. The highest BCUT2D eigenvalue weighted by Gasteiger charge is 2.12. The van der Waals surface area contributed by atoms with Gasteiger partial charge in [-0.05, 0) is 29.8 Å². The van der Waals surface area contributed by atoms with Gasteiger partial charge in [0.05, 0.1) is 24.9 Å². The number of methoxy groups -OCH3 is 1. The van der Waals surface area contributed by atoms with Gasteiger partial charge in [-0.15, -0.1) is 0 Å². The smallest absolute Gasteiger partial charge is 0.348 e. The molecule has 0 fully saturated rings. The number of rotatable bonds is 5. The van der Waals surface area contributed by atoms with E-state index in [4.69, 9.17) is 9.84 Å². The first-order valence-corrected chi connectivity index (χ1v) is 9.05. The number of carbonyl (C=O) groups is 2. The van der Waals surface area contributed by atoms with E-state index in [1.54, 1.807) is 12.1 Å². The van der Waals surface area contributed by atoms with Gasteiger partial charge in [0.25, 0.3) is 5.56 Å². The van der Waals surface area contributed by atoms with Crippen LogP contribution in [0.1, 0.15) is 25.6 Å². The van der Waals surface area contributed by atoms with Crippen LogP contribution >= 0.6 is 11.3 Å². The van der Waals surface area contributed by atoms with Crippen LogP contribution in [0.4, 0.5) is 5.69 Å². The second kappa shape index (κ2) is 8.45. The van der Waals surface area contributed by atoms with Gasteiger partial charge in [-0.1, -0.05) is 41.7 Å². The summed E-state index contributed by atoms with van der Waals surface area (Å²) in [5.41, 5.74) is 1.11. The van der Waals surface area contributed by atoms with Gasteiger partial charge in [0.1, 0.15) is 4.88 Å². The Balaban J connectivity index is 2.14. The Labute approximate surface area is 163 Å². The molecule has 0 aliphatic carbocycles. The molecule has 1 aromatic heterocycles.